The Bertz CT molecular complexity index is 272. The maximum absolute atomic E-state index is 11.5. The zero-order valence-electron chi connectivity index (χ0n) is 10.5. The van der Waals surface area contributed by atoms with E-state index in [0.29, 0.717) is 5.92 Å². The summed E-state index contributed by atoms with van der Waals surface area (Å²) in [5, 5.41) is 9.87. The zero-order chi connectivity index (χ0) is 12.3. The van der Waals surface area contributed by atoms with Crippen LogP contribution in [0.1, 0.15) is 34.1 Å². The SMILES string of the molecule is CC[C@H](C)/C=C/[C@H]1OC(=O)[C@H](C)[C@H](O)[C@@H]1C. The number of hydrogen-bond acceptors (Lipinski definition) is 3. The molecular formula is C13H22O3. The average molecular weight is 226 g/mol. The molecule has 5 atom stereocenters. The van der Waals surface area contributed by atoms with E-state index in [1.54, 1.807) is 6.92 Å². The number of ether oxygens (including phenoxy) is 1. The van der Waals surface area contributed by atoms with Crippen LogP contribution in [-0.2, 0) is 9.53 Å². The lowest BCUT2D eigenvalue weighted by molar-refractivity contribution is -0.172. The molecule has 1 N–H and O–H groups in total. The summed E-state index contributed by atoms with van der Waals surface area (Å²) in [5.74, 6) is -0.275. The third-order valence-electron chi connectivity index (χ3n) is 3.47. The van der Waals surface area contributed by atoms with Crippen LogP contribution in [0.25, 0.3) is 0 Å². The number of hydrogen-bond donors (Lipinski definition) is 1. The second-order valence-corrected chi connectivity index (χ2v) is 4.81. The Morgan fingerprint density at radius 1 is 1.50 bits per heavy atom. The Morgan fingerprint density at radius 3 is 2.69 bits per heavy atom. The van der Waals surface area contributed by atoms with E-state index >= 15 is 0 Å². The van der Waals surface area contributed by atoms with Gasteiger partial charge < -0.3 is 9.84 Å². The predicted octanol–water partition coefficient (Wildman–Crippen LogP) is 2.15. The molecule has 16 heavy (non-hydrogen) atoms. The highest BCUT2D eigenvalue weighted by atomic mass is 16.5. The van der Waals surface area contributed by atoms with Gasteiger partial charge in [0.1, 0.15) is 6.10 Å². The molecule has 1 aliphatic heterocycles. The van der Waals surface area contributed by atoms with Crippen LogP contribution in [0.2, 0.25) is 0 Å². The maximum atomic E-state index is 11.5. The Kier molecular flexibility index (Phi) is 4.54. The van der Waals surface area contributed by atoms with Crippen LogP contribution in [0.15, 0.2) is 12.2 Å². The van der Waals surface area contributed by atoms with Crippen molar-refractivity contribution in [3.05, 3.63) is 12.2 Å². The minimum atomic E-state index is -0.604. The van der Waals surface area contributed by atoms with E-state index in [-0.39, 0.29) is 18.0 Å². The summed E-state index contributed by atoms with van der Waals surface area (Å²) in [4.78, 5) is 11.5. The summed E-state index contributed by atoms with van der Waals surface area (Å²) < 4.78 is 5.29. The maximum Gasteiger partial charge on any atom is 0.311 e. The highest BCUT2D eigenvalue weighted by Crippen LogP contribution is 2.27. The second-order valence-electron chi connectivity index (χ2n) is 4.81. The first-order valence-corrected chi connectivity index (χ1v) is 6.04. The molecule has 1 saturated heterocycles. The summed E-state index contributed by atoms with van der Waals surface area (Å²) in [6.07, 6.45) is 4.13. The summed E-state index contributed by atoms with van der Waals surface area (Å²) >= 11 is 0. The molecule has 3 heteroatoms. The number of aliphatic hydroxyl groups is 1. The molecule has 0 aromatic carbocycles. The van der Waals surface area contributed by atoms with Crippen molar-refractivity contribution >= 4 is 5.97 Å². The Balaban J connectivity index is 2.67. The molecule has 92 valence electrons. The lowest BCUT2D eigenvalue weighted by Gasteiger charge is -2.34. The van der Waals surface area contributed by atoms with Gasteiger partial charge in [-0.2, -0.15) is 0 Å². The van der Waals surface area contributed by atoms with E-state index in [9.17, 15) is 9.90 Å². The molecule has 0 amide bonds. The summed E-state index contributed by atoms with van der Waals surface area (Å²) in [6, 6.07) is 0. The molecule has 0 aromatic rings. The smallest absolute Gasteiger partial charge is 0.311 e. The molecule has 0 saturated carbocycles. The molecule has 0 radical (unpaired) electrons. The molecule has 3 nitrogen and oxygen atoms in total. The topological polar surface area (TPSA) is 46.5 Å². The van der Waals surface area contributed by atoms with Crippen molar-refractivity contribution in [2.24, 2.45) is 17.8 Å². The Labute approximate surface area is 97.5 Å². The molecule has 1 aliphatic rings. The zero-order valence-corrected chi connectivity index (χ0v) is 10.5. The van der Waals surface area contributed by atoms with Crippen LogP contribution < -0.4 is 0 Å². The Morgan fingerprint density at radius 2 is 2.12 bits per heavy atom. The molecule has 0 aromatic heterocycles. The largest absolute Gasteiger partial charge is 0.457 e. The van der Waals surface area contributed by atoms with E-state index in [2.05, 4.69) is 19.9 Å². The van der Waals surface area contributed by atoms with Gasteiger partial charge in [0.05, 0.1) is 12.0 Å². The molecular weight excluding hydrogens is 204 g/mol. The number of carbonyl (C=O) groups excluding carboxylic acids is 1. The third-order valence-corrected chi connectivity index (χ3v) is 3.47. The molecule has 1 rings (SSSR count). The van der Waals surface area contributed by atoms with Gasteiger partial charge in [0.25, 0.3) is 0 Å². The van der Waals surface area contributed by atoms with Crippen molar-refractivity contribution < 1.29 is 14.6 Å². The number of rotatable bonds is 3. The summed E-state index contributed by atoms with van der Waals surface area (Å²) in [7, 11) is 0. The highest BCUT2D eigenvalue weighted by Gasteiger charge is 2.39. The van der Waals surface area contributed by atoms with Crippen LogP contribution >= 0.6 is 0 Å². The highest BCUT2D eigenvalue weighted by molar-refractivity contribution is 5.74. The van der Waals surface area contributed by atoms with Crippen molar-refractivity contribution in [3.8, 4) is 0 Å². The average Bonchev–Trinajstić information content (AvgIpc) is 2.28. The molecule has 1 heterocycles. The van der Waals surface area contributed by atoms with E-state index in [0.717, 1.165) is 6.42 Å². The van der Waals surface area contributed by atoms with Crippen LogP contribution in [0.5, 0.6) is 0 Å². The minimum Gasteiger partial charge on any atom is -0.457 e. The molecule has 0 unspecified atom stereocenters. The van der Waals surface area contributed by atoms with Crippen molar-refractivity contribution in [2.75, 3.05) is 0 Å². The van der Waals surface area contributed by atoms with Crippen LogP contribution in [0.4, 0.5) is 0 Å². The van der Waals surface area contributed by atoms with E-state index in [4.69, 9.17) is 4.74 Å². The van der Waals surface area contributed by atoms with Gasteiger partial charge >= 0.3 is 5.97 Å². The first kappa shape index (κ1) is 13.2. The van der Waals surface area contributed by atoms with Gasteiger partial charge in [-0.25, -0.2) is 0 Å². The second kappa shape index (κ2) is 5.48. The van der Waals surface area contributed by atoms with Gasteiger partial charge in [0, 0.05) is 5.92 Å². The fourth-order valence-corrected chi connectivity index (χ4v) is 1.79. The number of aliphatic hydroxyl groups excluding tert-OH is 1. The quantitative estimate of drug-likeness (QED) is 0.592. The molecule has 0 aliphatic carbocycles. The first-order chi connectivity index (χ1) is 7.47. The van der Waals surface area contributed by atoms with E-state index in [1.807, 2.05) is 13.0 Å². The minimum absolute atomic E-state index is 0.0343. The first-order valence-electron chi connectivity index (χ1n) is 6.04. The monoisotopic (exact) mass is 226 g/mol. The fourth-order valence-electron chi connectivity index (χ4n) is 1.79. The Hall–Kier alpha value is -0.830. The van der Waals surface area contributed by atoms with Crippen LogP contribution in [0, 0.1) is 17.8 Å². The van der Waals surface area contributed by atoms with Crippen molar-refractivity contribution in [1.82, 2.24) is 0 Å². The molecule has 1 fully saturated rings. The van der Waals surface area contributed by atoms with E-state index < -0.39 is 12.0 Å². The standard InChI is InChI=1S/C13H22O3/c1-5-8(2)6-7-11-9(3)12(14)10(4)13(15)16-11/h6-12,14H,5H2,1-4H3/b7-6+/t8-,9+,10+,11+,12+/m0/s1. The predicted molar refractivity (Wildman–Crippen MR) is 62.8 cm³/mol. The number of carbonyl (C=O) groups is 1. The van der Waals surface area contributed by atoms with Crippen molar-refractivity contribution in [2.45, 2.75) is 46.3 Å². The molecule has 0 bridgehead atoms. The third kappa shape index (κ3) is 2.85. The van der Waals surface area contributed by atoms with Crippen LogP contribution in [-0.4, -0.2) is 23.3 Å². The van der Waals surface area contributed by atoms with Gasteiger partial charge in [-0.3, -0.25) is 4.79 Å². The van der Waals surface area contributed by atoms with Gasteiger partial charge in [0.15, 0.2) is 0 Å². The van der Waals surface area contributed by atoms with Gasteiger partial charge in [-0.15, -0.1) is 0 Å². The van der Waals surface area contributed by atoms with Crippen molar-refractivity contribution in [1.29, 1.82) is 0 Å². The number of esters is 1. The summed E-state index contributed by atoms with van der Waals surface area (Å²) in [5.41, 5.74) is 0. The summed E-state index contributed by atoms with van der Waals surface area (Å²) in [6.45, 7) is 7.85. The number of allylic oxidation sites excluding steroid dienone is 1. The number of cyclic esters (lactones) is 1. The van der Waals surface area contributed by atoms with Gasteiger partial charge in [0.2, 0.25) is 0 Å². The lowest BCUT2D eigenvalue weighted by atomic mass is 9.86. The lowest BCUT2D eigenvalue weighted by Crippen LogP contribution is -2.45. The molecule has 0 spiro atoms. The van der Waals surface area contributed by atoms with Gasteiger partial charge in [-0.1, -0.05) is 33.3 Å². The van der Waals surface area contributed by atoms with E-state index in [1.165, 1.54) is 0 Å². The van der Waals surface area contributed by atoms with Gasteiger partial charge in [-0.05, 0) is 18.9 Å². The normalized spacial score (nSPS) is 37.4. The van der Waals surface area contributed by atoms with Crippen LogP contribution in [0.3, 0.4) is 0 Å². The fraction of sp³-hybridized carbons (Fsp3) is 0.769. The van der Waals surface area contributed by atoms with Crippen molar-refractivity contribution in [3.63, 3.8) is 0 Å².